The maximum Gasteiger partial charge on any atom is 0.262 e. The summed E-state index contributed by atoms with van der Waals surface area (Å²) >= 11 is 0. The van der Waals surface area contributed by atoms with Crippen molar-refractivity contribution in [2.24, 2.45) is 0 Å². The molecule has 2 heterocycles. The molecule has 0 aliphatic heterocycles. The van der Waals surface area contributed by atoms with Crippen molar-refractivity contribution in [2.75, 3.05) is 5.43 Å². The maximum absolute atomic E-state index is 12.6. The summed E-state index contributed by atoms with van der Waals surface area (Å²) in [5, 5.41) is 8.54. The van der Waals surface area contributed by atoms with E-state index in [1.165, 1.54) is 9.25 Å². The fourth-order valence-electron chi connectivity index (χ4n) is 2.89. The number of hydrogen-bond donors (Lipinski definition) is 2. The van der Waals surface area contributed by atoms with Gasteiger partial charge in [-0.3, -0.25) is 25.0 Å². The van der Waals surface area contributed by atoms with Gasteiger partial charge in [-0.05, 0) is 31.2 Å². The van der Waals surface area contributed by atoms with E-state index in [0.717, 1.165) is 5.52 Å². The number of amides is 1. The quantitative estimate of drug-likeness (QED) is 0.518. The highest BCUT2D eigenvalue weighted by Gasteiger charge is 2.12. The van der Waals surface area contributed by atoms with E-state index in [0.29, 0.717) is 23.0 Å². The number of nitrogens with one attached hydrogen (secondary N) is 2. The first-order valence-electron chi connectivity index (χ1n) is 8.50. The van der Waals surface area contributed by atoms with Crippen LogP contribution in [-0.4, -0.2) is 30.5 Å². The minimum atomic E-state index is -0.337. The Balaban J connectivity index is 1.54. The van der Waals surface area contributed by atoms with E-state index in [9.17, 15) is 9.59 Å². The van der Waals surface area contributed by atoms with Crippen LogP contribution in [0, 0.1) is 0 Å². The second-order valence-electron chi connectivity index (χ2n) is 5.91. The number of hydrogen-bond acceptors (Lipinski definition) is 6. The third kappa shape index (κ3) is 3.10. The largest absolute Gasteiger partial charge is 0.277 e. The minimum Gasteiger partial charge on any atom is -0.277 e. The van der Waals surface area contributed by atoms with Crippen LogP contribution in [-0.2, 0) is 17.9 Å². The number of aromatic nitrogens is 5. The summed E-state index contributed by atoms with van der Waals surface area (Å²) in [5.41, 5.74) is 7.20. The van der Waals surface area contributed by atoms with E-state index in [-0.39, 0.29) is 24.0 Å². The highest BCUT2D eigenvalue weighted by Crippen LogP contribution is 2.11. The Morgan fingerprint density at radius 2 is 1.81 bits per heavy atom. The number of hydrazine groups is 1. The number of carbonyl (C=O) groups is 1. The monoisotopic (exact) mass is 363 g/mol. The molecular formula is C18H17N7O2. The van der Waals surface area contributed by atoms with E-state index in [1.807, 2.05) is 37.3 Å². The Morgan fingerprint density at radius 3 is 2.63 bits per heavy atom. The maximum atomic E-state index is 12.6. The van der Waals surface area contributed by atoms with Gasteiger partial charge in [0.05, 0.1) is 16.4 Å². The summed E-state index contributed by atoms with van der Waals surface area (Å²) in [5.74, 6) is -0.0614. The highest BCUT2D eigenvalue weighted by molar-refractivity contribution is 5.81. The smallest absolute Gasteiger partial charge is 0.262 e. The summed E-state index contributed by atoms with van der Waals surface area (Å²) in [4.78, 5) is 29.3. The number of carbonyl (C=O) groups excluding carboxylic acids is 1. The Bertz CT molecular complexity index is 1200. The van der Waals surface area contributed by atoms with Crippen molar-refractivity contribution in [1.29, 1.82) is 0 Å². The van der Waals surface area contributed by atoms with Crippen LogP contribution in [0.15, 0.2) is 53.3 Å². The van der Waals surface area contributed by atoms with Gasteiger partial charge in [-0.1, -0.05) is 29.5 Å². The van der Waals surface area contributed by atoms with E-state index >= 15 is 0 Å². The van der Waals surface area contributed by atoms with Gasteiger partial charge < -0.3 is 0 Å². The van der Waals surface area contributed by atoms with Crippen LogP contribution in [0.25, 0.3) is 21.9 Å². The Morgan fingerprint density at radius 1 is 1.07 bits per heavy atom. The molecule has 4 aromatic rings. The molecule has 9 nitrogen and oxygen atoms in total. The molecule has 0 aliphatic rings. The topological polar surface area (TPSA) is 107 Å². The summed E-state index contributed by atoms with van der Waals surface area (Å²) in [6.07, 6.45) is 0. The summed E-state index contributed by atoms with van der Waals surface area (Å²) in [7, 11) is 0. The van der Waals surface area contributed by atoms with Gasteiger partial charge in [0.25, 0.3) is 11.5 Å². The molecule has 2 N–H and O–H groups in total. The summed E-state index contributed by atoms with van der Waals surface area (Å²) < 4.78 is 2.97. The molecule has 0 unspecified atom stereocenters. The van der Waals surface area contributed by atoms with Gasteiger partial charge in [0, 0.05) is 6.54 Å². The molecule has 0 radical (unpaired) electrons. The highest BCUT2D eigenvalue weighted by atomic mass is 16.2. The second-order valence-corrected chi connectivity index (χ2v) is 5.91. The molecule has 27 heavy (non-hydrogen) atoms. The average Bonchev–Trinajstić information content (AvgIpc) is 3.09. The number of rotatable bonds is 5. The zero-order valence-corrected chi connectivity index (χ0v) is 14.6. The molecule has 1 amide bonds. The standard InChI is InChI=1S/C18H17N7O2/c1-2-24-17(27)12-7-3-4-8-13(12)19-18(24)22-21-16(26)11-25-15-10-6-5-9-14(15)20-23-25/h3-10H,2,11H2,1H3,(H,19,22)(H,21,26). The van der Waals surface area contributed by atoms with Crippen molar-refractivity contribution in [3.63, 3.8) is 0 Å². The van der Waals surface area contributed by atoms with Gasteiger partial charge in [0.15, 0.2) is 0 Å². The molecular weight excluding hydrogens is 346 g/mol. The van der Waals surface area contributed by atoms with E-state index in [1.54, 1.807) is 18.2 Å². The predicted octanol–water partition coefficient (Wildman–Crippen LogP) is 1.30. The normalized spacial score (nSPS) is 11.0. The average molecular weight is 363 g/mol. The number of para-hydroxylation sites is 2. The summed E-state index contributed by atoms with van der Waals surface area (Å²) in [6, 6.07) is 14.5. The van der Waals surface area contributed by atoms with E-state index in [4.69, 9.17) is 0 Å². The van der Waals surface area contributed by atoms with Crippen molar-refractivity contribution >= 4 is 33.8 Å². The molecule has 0 atom stereocenters. The number of benzene rings is 2. The molecule has 9 heteroatoms. The second kappa shape index (κ2) is 6.87. The van der Waals surface area contributed by atoms with Crippen molar-refractivity contribution < 1.29 is 4.79 Å². The van der Waals surface area contributed by atoms with Crippen LogP contribution < -0.4 is 16.4 Å². The van der Waals surface area contributed by atoms with Gasteiger partial charge in [0.1, 0.15) is 12.1 Å². The van der Waals surface area contributed by atoms with Gasteiger partial charge in [-0.25, -0.2) is 9.67 Å². The lowest BCUT2D eigenvalue weighted by atomic mass is 10.2. The van der Waals surface area contributed by atoms with Crippen LogP contribution >= 0.6 is 0 Å². The number of anilines is 1. The third-order valence-corrected chi connectivity index (χ3v) is 4.21. The van der Waals surface area contributed by atoms with Crippen LogP contribution in [0.1, 0.15) is 6.92 Å². The van der Waals surface area contributed by atoms with Crippen LogP contribution in [0.5, 0.6) is 0 Å². The molecule has 0 saturated heterocycles. The molecule has 4 rings (SSSR count). The van der Waals surface area contributed by atoms with Crippen LogP contribution in [0.3, 0.4) is 0 Å². The molecule has 0 saturated carbocycles. The van der Waals surface area contributed by atoms with E-state index < -0.39 is 0 Å². The molecule has 136 valence electrons. The Kier molecular flexibility index (Phi) is 4.25. The molecule has 2 aromatic carbocycles. The lowest BCUT2D eigenvalue weighted by Gasteiger charge is -2.14. The van der Waals surface area contributed by atoms with Crippen molar-refractivity contribution in [3.05, 3.63) is 58.9 Å². The minimum absolute atomic E-state index is 0.0164. The zero-order chi connectivity index (χ0) is 18.8. The van der Waals surface area contributed by atoms with Gasteiger partial charge in [-0.2, -0.15) is 0 Å². The molecule has 0 aliphatic carbocycles. The predicted molar refractivity (Wildman–Crippen MR) is 101 cm³/mol. The number of nitrogens with zero attached hydrogens (tertiary/aromatic N) is 5. The zero-order valence-electron chi connectivity index (χ0n) is 14.6. The van der Waals surface area contributed by atoms with Crippen LogP contribution in [0.4, 0.5) is 5.95 Å². The lowest BCUT2D eigenvalue weighted by Crippen LogP contribution is -2.36. The Hall–Kier alpha value is -3.75. The third-order valence-electron chi connectivity index (χ3n) is 4.21. The van der Waals surface area contributed by atoms with E-state index in [2.05, 4.69) is 26.1 Å². The van der Waals surface area contributed by atoms with Gasteiger partial charge >= 0.3 is 0 Å². The molecule has 0 bridgehead atoms. The summed E-state index contributed by atoms with van der Waals surface area (Å²) in [6.45, 7) is 2.24. The first-order valence-corrected chi connectivity index (χ1v) is 8.50. The van der Waals surface area contributed by atoms with Crippen molar-refractivity contribution in [3.8, 4) is 0 Å². The first-order chi connectivity index (χ1) is 13.2. The lowest BCUT2D eigenvalue weighted by molar-refractivity contribution is -0.121. The number of fused-ring (bicyclic) bond motifs is 2. The Labute approximate surface area is 153 Å². The van der Waals surface area contributed by atoms with Crippen molar-refractivity contribution in [1.82, 2.24) is 30.0 Å². The SMILES string of the molecule is CCn1c(NNC(=O)Cn2nnc3ccccc32)nc2ccccc2c1=O. The van der Waals surface area contributed by atoms with Crippen molar-refractivity contribution in [2.45, 2.75) is 20.0 Å². The molecule has 0 fully saturated rings. The molecule has 0 spiro atoms. The first kappa shape index (κ1) is 16.7. The molecule has 2 aromatic heterocycles. The van der Waals surface area contributed by atoms with Gasteiger partial charge in [-0.15, -0.1) is 5.10 Å². The van der Waals surface area contributed by atoms with Gasteiger partial charge in [0.2, 0.25) is 5.95 Å². The fraction of sp³-hybridized carbons (Fsp3) is 0.167. The fourth-order valence-corrected chi connectivity index (χ4v) is 2.89. The van der Waals surface area contributed by atoms with Crippen LogP contribution in [0.2, 0.25) is 0 Å².